The van der Waals surface area contributed by atoms with E-state index in [4.69, 9.17) is 9.72 Å². The number of aryl methyl sites for hydroxylation is 1. The van der Waals surface area contributed by atoms with Gasteiger partial charge in [0.1, 0.15) is 18.2 Å². The lowest BCUT2D eigenvalue weighted by atomic mass is 9.99. The van der Waals surface area contributed by atoms with Gasteiger partial charge in [-0.05, 0) is 60.7 Å². The first kappa shape index (κ1) is 23.6. The summed E-state index contributed by atoms with van der Waals surface area (Å²) in [6, 6.07) is 24.2. The summed E-state index contributed by atoms with van der Waals surface area (Å²) in [5.74, 6) is 2.33. The smallest absolute Gasteiger partial charge is 0.251 e. The molecular formula is C29H33N3O2. The highest BCUT2D eigenvalue weighted by molar-refractivity contribution is 5.95. The van der Waals surface area contributed by atoms with Crippen LogP contribution in [0.25, 0.3) is 11.0 Å². The van der Waals surface area contributed by atoms with Gasteiger partial charge in [-0.25, -0.2) is 4.98 Å². The summed E-state index contributed by atoms with van der Waals surface area (Å²) in [6.07, 6.45) is 1.78. The molecule has 0 spiro atoms. The molecule has 0 radical (unpaired) electrons. The lowest BCUT2D eigenvalue weighted by Gasteiger charge is -2.13. The van der Waals surface area contributed by atoms with Crippen LogP contribution in [0.3, 0.4) is 0 Å². The van der Waals surface area contributed by atoms with E-state index in [1.54, 1.807) is 0 Å². The van der Waals surface area contributed by atoms with Crippen molar-refractivity contribution >= 4 is 16.9 Å². The van der Waals surface area contributed by atoms with E-state index in [1.165, 1.54) is 5.56 Å². The van der Waals surface area contributed by atoms with E-state index < -0.39 is 0 Å². The number of benzene rings is 3. The number of rotatable bonds is 10. The molecule has 1 atom stereocenters. The number of hydrogen-bond donors (Lipinski definition) is 1. The van der Waals surface area contributed by atoms with E-state index in [-0.39, 0.29) is 5.91 Å². The molecule has 0 aliphatic carbocycles. The third-order valence-corrected chi connectivity index (χ3v) is 6.40. The molecule has 1 unspecified atom stereocenters. The molecular weight excluding hydrogens is 422 g/mol. The molecule has 4 aromatic rings. The lowest BCUT2D eigenvalue weighted by molar-refractivity contribution is 0.0953. The molecule has 0 bridgehead atoms. The summed E-state index contributed by atoms with van der Waals surface area (Å²) in [4.78, 5) is 17.4. The van der Waals surface area contributed by atoms with Crippen LogP contribution in [0, 0.1) is 6.92 Å². The SMILES string of the molecule is CCC(C)c1ccc(OCCn2c(CCNC(=O)c3ccccc3C)nc3ccccc32)cc1. The van der Waals surface area contributed by atoms with Gasteiger partial charge >= 0.3 is 0 Å². The summed E-state index contributed by atoms with van der Waals surface area (Å²) < 4.78 is 8.24. The third-order valence-electron chi connectivity index (χ3n) is 6.40. The van der Waals surface area contributed by atoms with Gasteiger partial charge in [-0.1, -0.05) is 56.3 Å². The Labute approximate surface area is 201 Å². The van der Waals surface area contributed by atoms with Crippen LogP contribution in [0.1, 0.15) is 53.5 Å². The molecule has 1 aromatic heterocycles. The Bertz CT molecular complexity index is 1240. The fraction of sp³-hybridized carbons (Fsp3) is 0.310. The van der Waals surface area contributed by atoms with Gasteiger partial charge in [-0.3, -0.25) is 4.79 Å². The maximum absolute atomic E-state index is 12.6. The van der Waals surface area contributed by atoms with Crippen molar-refractivity contribution in [3.63, 3.8) is 0 Å². The van der Waals surface area contributed by atoms with E-state index in [9.17, 15) is 4.79 Å². The Hall–Kier alpha value is -3.60. The number of nitrogens with zero attached hydrogens (tertiary/aromatic N) is 2. The summed E-state index contributed by atoms with van der Waals surface area (Å²) >= 11 is 0. The number of fused-ring (bicyclic) bond motifs is 1. The van der Waals surface area contributed by atoms with Gasteiger partial charge < -0.3 is 14.6 Å². The Morgan fingerprint density at radius 3 is 2.53 bits per heavy atom. The van der Waals surface area contributed by atoms with Crippen LogP contribution in [0.2, 0.25) is 0 Å². The topological polar surface area (TPSA) is 56.1 Å². The van der Waals surface area contributed by atoms with E-state index in [0.29, 0.717) is 37.6 Å². The summed E-state index contributed by atoms with van der Waals surface area (Å²) in [5, 5.41) is 3.04. The van der Waals surface area contributed by atoms with E-state index >= 15 is 0 Å². The molecule has 0 aliphatic rings. The minimum Gasteiger partial charge on any atom is -0.492 e. The molecule has 4 rings (SSSR count). The Morgan fingerprint density at radius 1 is 1.03 bits per heavy atom. The largest absolute Gasteiger partial charge is 0.492 e. The number of ether oxygens (including phenoxy) is 1. The molecule has 1 N–H and O–H groups in total. The van der Waals surface area contributed by atoms with Crippen LogP contribution < -0.4 is 10.1 Å². The zero-order chi connectivity index (χ0) is 23.9. The quantitative estimate of drug-likeness (QED) is 0.323. The van der Waals surface area contributed by atoms with Gasteiger partial charge in [0.2, 0.25) is 0 Å². The zero-order valence-corrected chi connectivity index (χ0v) is 20.3. The Kier molecular flexibility index (Phi) is 7.63. The highest BCUT2D eigenvalue weighted by Crippen LogP contribution is 2.22. The van der Waals surface area contributed by atoms with Gasteiger partial charge in [0, 0.05) is 18.5 Å². The fourth-order valence-electron chi connectivity index (χ4n) is 4.16. The number of nitrogens with one attached hydrogen (secondary N) is 1. The van der Waals surface area contributed by atoms with Crippen LogP contribution in [0.5, 0.6) is 5.75 Å². The average Bonchev–Trinajstić information content (AvgIpc) is 3.21. The number of aromatic nitrogens is 2. The van der Waals surface area contributed by atoms with Crippen LogP contribution in [-0.4, -0.2) is 28.6 Å². The van der Waals surface area contributed by atoms with Gasteiger partial charge in [-0.15, -0.1) is 0 Å². The Balaban J connectivity index is 1.40. The number of para-hydroxylation sites is 2. The summed E-state index contributed by atoms with van der Waals surface area (Å²) in [6.45, 7) is 8.15. The van der Waals surface area contributed by atoms with Crippen LogP contribution in [0.15, 0.2) is 72.8 Å². The zero-order valence-electron chi connectivity index (χ0n) is 20.3. The molecule has 0 aliphatic heterocycles. The van der Waals surface area contributed by atoms with Crippen molar-refractivity contribution in [3.05, 3.63) is 95.3 Å². The van der Waals surface area contributed by atoms with Gasteiger partial charge in [0.05, 0.1) is 17.6 Å². The van der Waals surface area contributed by atoms with Crippen molar-refractivity contribution in [2.24, 2.45) is 0 Å². The second-order valence-electron chi connectivity index (χ2n) is 8.72. The standard InChI is InChI=1S/C29H33N3O2/c1-4-21(2)23-13-15-24(16-14-23)34-20-19-32-27-12-8-7-11-26(27)31-28(32)17-18-30-29(33)25-10-6-5-9-22(25)3/h5-16,21H,4,17-20H2,1-3H3,(H,30,33). The summed E-state index contributed by atoms with van der Waals surface area (Å²) in [5.41, 5.74) is 5.06. The first-order valence-electron chi connectivity index (χ1n) is 12.1. The monoisotopic (exact) mass is 455 g/mol. The number of hydrogen-bond acceptors (Lipinski definition) is 3. The lowest BCUT2D eigenvalue weighted by Crippen LogP contribution is -2.27. The molecule has 5 heteroatoms. The van der Waals surface area contributed by atoms with Crippen LogP contribution >= 0.6 is 0 Å². The van der Waals surface area contributed by atoms with Crippen molar-refractivity contribution < 1.29 is 9.53 Å². The third kappa shape index (κ3) is 5.48. The number of amides is 1. The maximum Gasteiger partial charge on any atom is 0.251 e. The second kappa shape index (κ2) is 11.0. The first-order chi connectivity index (χ1) is 16.6. The fourth-order valence-corrected chi connectivity index (χ4v) is 4.16. The van der Waals surface area contributed by atoms with Crippen molar-refractivity contribution in [3.8, 4) is 5.75 Å². The summed E-state index contributed by atoms with van der Waals surface area (Å²) in [7, 11) is 0. The van der Waals surface area contributed by atoms with Crippen molar-refractivity contribution in [1.29, 1.82) is 0 Å². The minimum atomic E-state index is -0.0510. The maximum atomic E-state index is 12.6. The first-order valence-corrected chi connectivity index (χ1v) is 12.1. The highest BCUT2D eigenvalue weighted by Gasteiger charge is 2.12. The molecule has 1 heterocycles. The molecule has 176 valence electrons. The van der Waals surface area contributed by atoms with Gasteiger partial charge in [0.25, 0.3) is 5.91 Å². The normalized spacial score (nSPS) is 12.0. The molecule has 1 amide bonds. The molecule has 0 saturated carbocycles. The number of carbonyl (C=O) groups is 1. The molecule has 3 aromatic carbocycles. The minimum absolute atomic E-state index is 0.0510. The van der Waals surface area contributed by atoms with Gasteiger partial charge in [0.15, 0.2) is 0 Å². The van der Waals surface area contributed by atoms with Crippen molar-refractivity contribution in [2.75, 3.05) is 13.2 Å². The molecule has 0 saturated heterocycles. The van der Waals surface area contributed by atoms with Crippen LogP contribution in [-0.2, 0) is 13.0 Å². The van der Waals surface area contributed by atoms with E-state index in [1.807, 2.05) is 49.4 Å². The molecule has 5 nitrogen and oxygen atoms in total. The van der Waals surface area contributed by atoms with Crippen LogP contribution in [0.4, 0.5) is 0 Å². The average molecular weight is 456 g/mol. The van der Waals surface area contributed by atoms with E-state index in [2.05, 4.69) is 54.1 Å². The number of carbonyl (C=O) groups excluding carboxylic acids is 1. The Morgan fingerprint density at radius 2 is 1.76 bits per heavy atom. The predicted molar refractivity (Wildman–Crippen MR) is 138 cm³/mol. The van der Waals surface area contributed by atoms with E-state index in [0.717, 1.165) is 34.6 Å². The van der Waals surface area contributed by atoms with Crippen molar-refractivity contribution in [2.45, 2.75) is 46.1 Å². The second-order valence-corrected chi connectivity index (χ2v) is 8.72. The highest BCUT2D eigenvalue weighted by atomic mass is 16.5. The number of imidazole rings is 1. The molecule has 0 fully saturated rings. The van der Waals surface area contributed by atoms with Crippen molar-refractivity contribution in [1.82, 2.24) is 14.9 Å². The molecule has 34 heavy (non-hydrogen) atoms. The van der Waals surface area contributed by atoms with Gasteiger partial charge in [-0.2, -0.15) is 0 Å². The predicted octanol–water partition coefficient (Wildman–Crippen LogP) is 5.91.